The van der Waals surface area contributed by atoms with Crippen LogP contribution >= 0.6 is 11.3 Å². The molecule has 0 bridgehead atoms. The van der Waals surface area contributed by atoms with Crippen molar-refractivity contribution in [2.75, 3.05) is 6.54 Å². The van der Waals surface area contributed by atoms with E-state index in [0.29, 0.717) is 36.7 Å². The van der Waals surface area contributed by atoms with Gasteiger partial charge >= 0.3 is 0 Å². The van der Waals surface area contributed by atoms with E-state index in [2.05, 4.69) is 15.5 Å². The van der Waals surface area contributed by atoms with Crippen molar-refractivity contribution >= 4 is 17.2 Å². The lowest BCUT2D eigenvalue weighted by molar-refractivity contribution is -0.121. The Morgan fingerprint density at radius 2 is 2.12 bits per heavy atom. The molecule has 1 aromatic carbocycles. The standard InChI is InChI=1S/C17H16FN3O2S/c18-14-4-2-1-3-12(14)7-9-19-15(22)5-6-16-20-17(21-23-16)13-8-10-24-11-13/h1-4,8,10-11H,5-7,9H2,(H,19,22). The molecule has 1 N–H and O–H groups in total. The van der Waals surface area contributed by atoms with Gasteiger partial charge in [-0.1, -0.05) is 23.4 Å². The number of aromatic nitrogens is 2. The van der Waals surface area contributed by atoms with E-state index in [1.54, 1.807) is 29.5 Å². The minimum absolute atomic E-state index is 0.123. The van der Waals surface area contributed by atoms with Gasteiger partial charge in [0.15, 0.2) is 0 Å². The van der Waals surface area contributed by atoms with Crippen molar-refractivity contribution in [3.8, 4) is 11.4 Å². The van der Waals surface area contributed by atoms with Crippen molar-refractivity contribution < 1.29 is 13.7 Å². The minimum atomic E-state index is -0.251. The van der Waals surface area contributed by atoms with E-state index in [1.165, 1.54) is 6.07 Å². The highest BCUT2D eigenvalue weighted by Gasteiger charge is 2.11. The van der Waals surface area contributed by atoms with Crippen molar-refractivity contribution in [2.45, 2.75) is 19.3 Å². The average molecular weight is 345 g/mol. The first-order chi connectivity index (χ1) is 11.7. The Kier molecular flexibility index (Phi) is 5.32. The van der Waals surface area contributed by atoms with E-state index in [-0.39, 0.29) is 18.1 Å². The maximum Gasteiger partial charge on any atom is 0.227 e. The summed E-state index contributed by atoms with van der Waals surface area (Å²) in [6.45, 7) is 0.393. The molecule has 3 rings (SSSR count). The van der Waals surface area contributed by atoms with Crippen LogP contribution < -0.4 is 5.32 Å². The van der Waals surface area contributed by atoms with Crippen LogP contribution in [0.5, 0.6) is 0 Å². The van der Waals surface area contributed by atoms with Crippen molar-refractivity contribution in [1.29, 1.82) is 0 Å². The molecular weight excluding hydrogens is 329 g/mol. The van der Waals surface area contributed by atoms with Gasteiger partial charge in [-0.25, -0.2) is 4.39 Å². The average Bonchev–Trinajstić information content (AvgIpc) is 3.26. The molecule has 0 unspecified atom stereocenters. The van der Waals surface area contributed by atoms with E-state index in [4.69, 9.17) is 4.52 Å². The number of amides is 1. The molecule has 0 aliphatic carbocycles. The van der Waals surface area contributed by atoms with Crippen LogP contribution in [-0.4, -0.2) is 22.6 Å². The van der Waals surface area contributed by atoms with Crippen LogP contribution in [0.1, 0.15) is 17.9 Å². The van der Waals surface area contributed by atoms with Crippen molar-refractivity contribution in [3.63, 3.8) is 0 Å². The van der Waals surface area contributed by atoms with Gasteiger partial charge in [0.2, 0.25) is 17.6 Å². The van der Waals surface area contributed by atoms with Gasteiger partial charge < -0.3 is 9.84 Å². The Bertz CT molecular complexity index is 802. The third kappa shape index (κ3) is 4.26. The first-order valence-electron chi connectivity index (χ1n) is 7.57. The Morgan fingerprint density at radius 3 is 2.92 bits per heavy atom. The van der Waals surface area contributed by atoms with Crippen LogP contribution in [0.4, 0.5) is 4.39 Å². The lowest BCUT2D eigenvalue weighted by Gasteiger charge is -2.05. The number of aryl methyl sites for hydroxylation is 1. The second-order valence-corrected chi connectivity index (χ2v) is 6.00. The highest BCUT2D eigenvalue weighted by atomic mass is 32.1. The number of hydrogen-bond donors (Lipinski definition) is 1. The molecule has 124 valence electrons. The SMILES string of the molecule is O=C(CCc1nc(-c2ccsc2)no1)NCCc1ccccc1F. The van der Waals surface area contributed by atoms with Crippen LogP contribution in [0.15, 0.2) is 45.6 Å². The molecule has 0 saturated heterocycles. The van der Waals surface area contributed by atoms with Crippen LogP contribution in [-0.2, 0) is 17.6 Å². The fourth-order valence-corrected chi connectivity index (χ4v) is 2.85. The van der Waals surface area contributed by atoms with Gasteiger partial charge in [0.1, 0.15) is 5.82 Å². The molecule has 1 amide bonds. The largest absolute Gasteiger partial charge is 0.356 e. The third-order valence-electron chi connectivity index (χ3n) is 3.49. The molecule has 24 heavy (non-hydrogen) atoms. The zero-order valence-corrected chi connectivity index (χ0v) is 13.7. The third-order valence-corrected chi connectivity index (χ3v) is 4.17. The molecule has 2 aromatic heterocycles. The lowest BCUT2D eigenvalue weighted by Crippen LogP contribution is -2.26. The van der Waals surface area contributed by atoms with Crippen LogP contribution in [0, 0.1) is 5.82 Å². The number of carbonyl (C=O) groups is 1. The van der Waals surface area contributed by atoms with Crippen LogP contribution in [0.25, 0.3) is 11.4 Å². The zero-order valence-electron chi connectivity index (χ0n) is 12.9. The Balaban J connectivity index is 1.42. The Labute approximate surface area is 142 Å². The van der Waals surface area contributed by atoms with Crippen molar-refractivity contribution in [3.05, 3.63) is 58.4 Å². The molecule has 5 nitrogen and oxygen atoms in total. The van der Waals surface area contributed by atoms with E-state index < -0.39 is 0 Å². The summed E-state index contributed by atoms with van der Waals surface area (Å²) in [7, 11) is 0. The lowest BCUT2D eigenvalue weighted by atomic mass is 10.1. The fraction of sp³-hybridized carbons (Fsp3) is 0.235. The van der Waals surface area contributed by atoms with Gasteiger partial charge in [0.05, 0.1) is 0 Å². The van der Waals surface area contributed by atoms with Crippen molar-refractivity contribution in [2.24, 2.45) is 0 Å². The van der Waals surface area contributed by atoms with Gasteiger partial charge in [0.25, 0.3) is 0 Å². The molecule has 0 fully saturated rings. The number of rotatable bonds is 7. The number of nitrogens with one attached hydrogen (secondary N) is 1. The molecule has 0 aliphatic rings. The molecule has 0 aliphatic heterocycles. The molecule has 7 heteroatoms. The monoisotopic (exact) mass is 345 g/mol. The second-order valence-electron chi connectivity index (χ2n) is 5.22. The minimum Gasteiger partial charge on any atom is -0.356 e. The highest BCUT2D eigenvalue weighted by Crippen LogP contribution is 2.18. The quantitative estimate of drug-likeness (QED) is 0.714. The summed E-state index contributed by atoms with van der Waals surface area (Å²) in [6, 6.07) is 8.46. The van der Waals surface area contributed by atoms with E-state index in [9.17, 15) is 9.18 Å². The second kappa shape index (κ2) is 7.83. The summed E-state index contributed by atoms with van der Waals surface area (Å²) < 4.78 is 18.6. The maximum absolute atomic E-state index is 13.5. The van der Waals surface area contributed by atoms with Gasteiger partial charge in [-0.05, 0) is 29.5 Å². The first-order valence-corrected chi connectivity index (χ1v) is 8.52. The number of hydrogen-bond acceptors (Lipinski definition) is 5. The normalized spacial score (nSPS) is 10.7. The molecule has 3 aromatic rings. The van der Waals surface area contributed by atoms with Crippen LogP contribution in [0.2, 0.25) is 0 Å². The summed E-state index contributed by atoms with van der Waals surface area (Å²) in [5.74, 6) is 0.590. The van der Waals surface area contributed by atoms with Gasteiger partial charge in [0, 0.05) is 30.3 Å². The number of halogens is 1. The van der Waals surface area contributed by atoms with E-state index in [1.807, 2.05) is 16.8 Å². The number of nitrogens with zero attached hydrogens (tertiary/aromatic N) is 2. The first kappa shape index (κ1) is 16.3. The summed E-state index contributed by atoms with van der Waals surface area (Å²) in [6.07, 6.45) is 1.09. The number of carbonyl (C=O) groups excluding carboxylic acids is 1. The molecule has 0 spiro atoms. The van der Waals surface area contributed by atoms with Gasteiger partial charge in [-0.2, -0.15) is 16.3 Å². The molecule has 2 heterocycles. The Morgan fingerprint density at radius 1 is 1.25 bits per heavy atom. The summed E-state index contributed by atoms with van der Waals surface area (Å²) >= 11 is 1.56. The number of benzene rings is 1. The van der Waals surface area contributed by atoms with Gasteiger partial charge in [-0.15, -0.1) is 0 Å². The smallest absolute Gasteiger partial charge is 0.227 e. The molecule has 0 saturated carbocycles. The summed E-state index contributed by atoms with van der Waals surface area (Å²) in [4.78, 5) is 16.1. The number of thiophene rings is 1. The predicted octanol–water partition coefficient (Wildman–Crippen LogP) is 3.23. The molecular formula is C17H16FN3O2S. The molecule has 0 radical (unpaired) electrons. The zero-order chi connectivity index (χ0) is 16.8. The Hall–Kier alpha value is -2.54. The predicted molar refractivity (Wildman–Crippen MR) is 89.0 cm³/mol. The fourth-order valence-electron chi connectivity index (χ4n) is 2.21. The topological polar surface area (TPSA) is 68.0 Å². The summed E-state index contributed by atoms with van der Waals surface area (Å²) in [5, 5.41) is 10.5. The molecule has 0 atom stereocenters. The maximum atomic E-state index is 13.5. The van der Waals surface area contributed by atoms with Crippen molar-refractivity contribution in [1.82, 2.24) is 15.5 Å². The highest BCUT2D eigenvalue weighted by molar-refractivity contribution is 7.08. The van der Waals surface area contributed by atoms with E-state index >= 15 is 0 Å². The van der Waals surface area contributed by atoms with Gasteiger partial charge in [-0.3, -0.25) is 4.79 Å². The van der Waals surface area contributed by atoms with E-state index in [0.717, 1.165) is 5.56 Å². The van der Waals surface area contributed by atoms with Crippen LogP contribution in [0.3, 0.4) is 0 Å². The summed E-state index contributed by atoms with van der Waals surface area (Å²) in [5.41, 5.74) is 1.50.